The van der Waals surface area contributed by atoms with Crippen LogP contribution in [0.4, 0.5) is 0 Å². The normalized spacial score (nSPS) is 14.4. The van der Waals surface area contributed by atoms with E-state index in [4.69, 9.17) is 0 Å². The Bertz CT molecular complexity index is 333. The van der Waals surface area contributed by atoms with Crippen LogP contribution in [-0.4, -0.2) is 29.4 Å². The van der Waals surface area contributed by atoms with Crippen molar-refractivity contribution in [3.63, 3.8) is 0 Å². The number of hydrogen-bond acceptors (Lipinski definition) is 4. The maximum absolute atomic E-state index is 11.3. The van der Waals surface area contributed by atoms with Crippen molar-refractivity contribution in [2.45, 2.75) is 102 Å². The van der Waals surface area contributed by atoms with E-state index in [9.17, 15) is 18.1 Å². The fourth-order valence-corrected chi connectivity index (χ4v) is 3.60. The van der Waals surface area contributed by atoms with Gasteiger partial charge in [-0.05, 0) is 12.8 Å². The smallest absolute Gasteiger partial charge is 0.748 e. The zero-order valence-corrected chi connectivity index (χ0v) is 18.7. The minimum Gasteiger partial charge on any atom is -0.748 e. The Hall–Kier alpha value is 1.51. The third kappa shape index (κ3) is 13.9. The molecule has 2 unspecified atom stereocenters. The van der Waals surface area contributed by atoms with Gasteiger partial charge in [-0.1, -0.05) is 78.1 Å². The molecule has 0 fully saturated rings. The van der Waals surface area contributed by atoms with Crippen LogP contribution in [0.2, 0.25) is 0 Å². The van der Waals surface area contributed by atoms with Gasteiger partial charge < -0.3 is 9.66 Å². The van der Waals surface area contributed by atoms with E-state index >= 15 is 0 Å². The molecule has 0 aliphatic rings. The summed E-state index contributed by atoms with van der Waals surface area (Å²) in [5.74, 6) is 0. The fourth-order valence-electron chi connectivity index (χ4n) is 2.62. The van der Waals surface area contributed by atoms with Gasteiger partial charge in [-0.15, -0.1) is 0 Å². The molecule has 0 aliphatic heterocycles. The van der Waals surface area contributed by atoms with Gasteiger partial charge in [0.2, 0.25) is 0 Å². The van der Waals surface area contributed by atoms with Gasteiger partial charge in [-0.2, -0.15) is 0 Å². The molecule has 2 atom stereocenters. The van der Waals surface area contributed by atoms with Crippen LogP contribution in [0.5, 0.6) is 0 Å². The van der Waals surface area contributed by atoms with E-state index in [1.807, 2.05) is 6.92 Å². The average Bonchev–Trinajstić information content (AvgIpc) is 2.40. The zero-order chi connectivity index (χ0) is 16.1. The van der Waals surface area contributed by atoms with Crippen LogP contribution in [0.25, 0.3) is 0 Å². The molecular weight excluding hydrogens is 327 g/mol. The van der Waals surface area contributed by atoms with Gasteiger partial charge in [0.15, 0.2) is 0 Å². The van der Waals surface area contributed by atoms with Gasteiger partial charge in [-0.3, -0.25) is 0 Å². The standard InChI is InChI=1S/C16H34O4S.K/c1-3-5-7-8-9-10-12-14-16(21(18,19)20)15(17)13-11-6-4-2;/h15-17H,3-14H2,1-2H3,(H,18,19,20);/q;+1/p-1. The molecule has 0 aromatic heterocycles. The van der Waals surface area contributed by atoms with E-state index in [1.165, 1.54) is 25.7 Å². The Balaban J connectivity index is 0. The SMILES string of the molecule is CCCCCCCCCC(C(O)CCCCC)S(=O)(=O)[O-].[K+]. The van der Waals surface area contributed by atoms with Crippen molar-refractivity contribution in [1.82, 2.24) is 0 Å². The van der Waals surface area contributed by atoms with Crippen LogP contribution in [0.1, 0.15) is 90.9 Å². The number of unbranched alkanes of at least 4 members (excludes halogenated alkanes) is 8. The van der Waals surface area contributed by atoms with Crippen molar-refractivity contribution in [3.05, 3.63) is 0 Å². The van der Waals surface area contributed by atoms with Gasteiger partial charge in [0.25, 0.3) is 0 Å². The van der Waals surface area contributed by atoms with E-state index in [2.05, 4.69) is 6.92 Å². The molecule has 4 nitrogen and oxygen atoms in total. The van der Waals surface area contributed by atoms with Crippen LogP contribution < -0.4 is 51.4 Å². The van der Waals surface area contributed by atoms with Crippen LogP contribution in [0, 0.1) is 0 Å². The van der Waals surface area contributed by atoms with E-state index in [0.29, 0.717) is 19.3 Å². The first-order valence-electron chi connectivity index (χ1n) is 8.56. The van der Waals surface area contributed by atoms with Gasteiger partial charge in [-0.25, -0.2) is 8.42 Å². The second-order valence-electron chi connectivity index (χ2n) is 6.00. The zero-order valence-electron chi connectivity index (χ0n) is 14.7. The van der Waals surface area contributed by atoms with E-state index < -0.39 is 21.5 Å². The van der Waals surface area contributed by atoms with Gasteiger partial charge >= 0.3 is 51.4 Å². The molecule has 0 spiro atoms. The summed E-state index contributed by atoms with van der Waals surface area (Å²) < 4.78 is 33.9. The Kier molecular flexibility index (Phi) is 18.7. The van der Waals surface area contributed by atoms with Crippen LogP contribution in [-0.2, 0) is 10.1 Å². The number of hydrogen-bond donors (Lipinski definition) is 1. The molecule has 0 aromatic carbocycles. The summed E-state index contributed by atoms with van der Waals surface area (Å²) in [7, 11) is -4.40. The molecule has 0 aromatic rings. The Morgan fingerprint density at radius 2 is 1.23 bits per heavy atom. The number of rotatable bonds is 14. The summed E-state index contributed by atoms with van der Waals surface area (Å²) in [5, 5.41) is 8.84. The van der Waals surface area contributed by atoms with E-state index in [1.54, 1.807) is 0 Å². The van der Waals surface area contributed by atoms with Gasteiger partial charge in [0.1, 0.15) is 10.1 Å². The van der Waals surface area contributed by atoms with Crippen LogP contribution >= 0.6 is 0 Å². The molecule has 1 N–H and O–H groups in total. The van der Waals surface area contributed by atoms with Crippen LogP contribution in [0.3, 0.4) is 0 Å². The predicted molar refractivity (Wildman–Crippen MR) is 86.2 cm³/mol. The molecule has 0 saturated heterocycles. The number of aliphatic hydroxyl groups is 1. The molecule has 0 aliphatic carbocycles. The summed E-state index contributed by atoms with van der Waals surface area (Å²) in [4.78, 5) is 0. The third-order valence-corrected chi connectivity index (χ3v) is 5.29. The first-order chi connectivity index (χ1) is 9.93. The number of aliphatic hydroxyl groups excluding tert-OH is 1. The third-order valence-electron chi connectivity index (χ3n) is 4.00. The molecule has 0 saturated carbocycles. The summed E-state index contributed by atoms with van der Waals surface area (Å²) in [6, 6.07) is 0. The van der Waals surface area contributed by atoms with Gasteiger partial charge in [0.05, 0.1) is 11.4 Å². The second-order valence-corrected chi connectivity index (χ2v) is 7.60. The summed E-state index contributed by atoms with van der Waals surface area (Å²) in [6.45, 7) is 4.22. The molecule has 22 heavy (non-hydrogen) atoms. The average molecular weight is 361 g/mol. The molecule has 6 heteroatoms. The fraction of sp³-hybridized carbons (Fsp3) is 1.00. The summed E-state index contributed by atoms with van der Waals surface area (Å²) in [6.07, 6.45) is 10.0. The van der Waals surface area contributed by atoms with Crippen molar-refractivity contribution in [3.8, 4) is 0 Å². The second kappa shape index (κ2) is 16.0. The predicted octanol–water partition coefficient (Wildman–Crippen LogP) is 0.986. The Morgan fingerprint density at radius 3 is 1.73 bits per heavy atom. The molecule has 0 bridgehead atoms. The molecule has 0 amide bonds. The summed E-state index contributed by atoms with van der Waals surface area (Å²) in [5.41, 5.74) is 0. The molecule has 0 radical (unpaired) electrons. The minimum atomic E-state index is -4.40. The van der Waals surface area contributed by atoms with Crippen molar-refractivity contribution in [1.29, 1.82) is 0 Å². The van der Waals surface area contributed by atoms with E-state index in [-0.39, 0.29) is 51.4 Å². The Labute approximate surface area is 180 Å². The molecule has 0 heterocycles. The summed E-state index contributed by atoms with van der Waals surface area (Å²) >= 11 is 0. The Morgan fingerprint density at radius 1 is 0.818 bits per heavy atom. The van der Waals surface area contributed by atoms with E-state index in [0.717, 1.165) is 32.1 Å². The van der Waals surface area contributed by atoms with Gasteiger partial charge in [0, 0.05) is 0 Å². The minimum absolute atomic E-state index is 0. The maximum atomic E-state index is 11.3. The maximum Gasteiger partial charge on any atom is 1.00 e. The van der Waals surface area contributed by atoms with Crippen molar-refractivity contribution < 1.29 is 69.5 Å². The molecular formula is C16H33KO4S. The van der Waals surface area contributed by atoms with Crippen molar-refractivity contribution in [2.24, 2.45) is 0 Å². The van der Waals surface area contributed by atoms with Crippen molar-refractivity contribution in [2.75, 3.05) is 0 Å². The molecule has 0 rings (SSSR count). The quantitative estimate of drug-likeness (QED) is 0.285. The topological polar surface area (TPSA) is 77.4 Å². The van der Waals surface area contributed by atoms with Crippen LogP contribution in [0.15, 0.2) is 0 Å². The molecule has 128 valence electrons. The van der Waals surface area contributed by atoms with Crippen molar-refractivity contribution >= 4 is 10.1 Å². The first-order valence-corrected chi connectivity index (χ1v) is 10.0. The largest absolute Gasteiger partial charge is 1.00 e. The monoisotopic (exact) mass is 360 g/mol. The first kappa shape index (κ1) is 25.7.